The second-order valence-electron chi connectivity index (χ2n) is 7.94. The summed E-state index contributed by atoms with van der Waals surface area (Å²) in [6, 6.07) is 25.5. The molecule has 34 heavy (non-hydrogen) atoms. The fourth-order valence-corrected chi connectivity index (χ4v) is 3.69. The molecule has 0 radical (unpaired) electrons. The van der Waals surface area contributed by atoms with Crippen LogP contribution in [0.2, 0.25) is 0 Å². The highest BCUT2D eigenvalue weighted by molar-refractivity contribution is 6.01. The lowest BCUT2D eigenvalue weighted by molar-refractivity contribution is 0.0992. The van der Waals surface area contributed by atoms with Crippen molar-refractivity contribution in [2.75, 3.05) is 5.32 Å². The number of nitrogens with one attached hydrogen (secondary N) is 1. The Morgan fingerprint density at radius 2 is 1.79 bits per heavy atom. The zero-order valence-corrected chi connectivity index (χ0v) is 18.5. The normalized spacial score (nSPS) is 11.0. The first kappa shape index (κ1) is 21.5. The van der Waals surface area contributed by atoms with Gasteiger partial charge in [0.25, 0.3) is 5.91 Å². The molecule has 1 N–H and O–H groups in total. The molecule has 5 aromatic rings. The number of rotatable bonds is 7. The van der Waals surface area contributed by atoms with E-state index in [1.54, 1.807) is 41.1 Å². The van der Waals surface area contributed by atoms with Gasteiger partial charge in [-0.25, -0.2) is 4.39 Å². The lowest BCUT2D eigenvalue weighted by Crippen LogP contribution is -2.12. The Bertz CT molecular complexity index is 1470. The first-order valence-corrected chi connectivity index (χ1v) is 10.8. The van der Waals surface area contributed by atoms with Gasteiger partial charge in [0.15, 0.2) is 11.6 Å². The average molecular weight is 455 g/mol. The van der Waals surface area contributed by atoms with E-state index in [0.717, 1.165) is 22.2 Å². The third-order valence-corrected chi connectivity index (χ3v) is 5.49. The number of anilines is 1. The van der Waals surface area contributed by atoms with Gasteiger partial charge in [0.1, 0.15) is 23.9 Å². The summed E-state index contributed by atoms with van der Waals surface area (Å²) >= 11 is 0. The molecule has 1 amide bonds. The molecule has 0 atom stereocenters. The maximum atomic E-state index is 14.0. The van der Waals surface area contributed by atoms with E-state index in [1.807, 2.05) is 49.4 Å². The Balaban J connectivity index is 1.21. The van der Waals surface area contributed by atoms with Crippen LogP contribution in [0.1, 0.15) is 27.6 Å². The number of furan rings is 1. The van der Waals surface area contributed by atoms with Gasteiger partial charge >= 0.3 is 0 Å². The smallest absolute Gasteiger partial charge is 0.292 e. The zero-order chi connectivity index (χ0) is 23.5. The molecule has 0 saturated heterocycles. The molecule has 0 aliphatic heterocycles. The van der Waals surface area contributed by atoms with Gasteiger partial charge in [-0.2, -0.15) is 5.10 Å². The lowest BCUT2D eigenvalue weighted by Gasteiger charge is -2.06. The van der Waals surface area contributed by atoms with Crippen LogP contribution in [0.25, 0.3) is 10.8 Å². The number of hydrogen-bond acceptors (Lipinski definition) is 4. The Morgan fingerprint density at radius 1 is 1.00 bits per heavy atom. The quantitative estimate of drug-likeness (QED) is 0.329. The summed E-state index contributed by atoms with van der Waals surface area (Å²) in [7, 11) is 0. The van der Waals surface area contributed by atoms with Crippen LogP contribution >= 0.6 is 0 Å². The lowest BCUT2D eigenvalue weighted by atomic mass is 10.1. The molecular formula is C27H22FN3O3. The number of benzene rings is 3. The maximum Gasteiger partial charge on any atom is 0.292 e. The first-order chi connectivity index (χ1) is 16.5. The van der Waals surface area contributed by atoms with Crippen molar-refractivity contribution in [3.05, 3.63) is 114 Å². The Hall–Kier alpha value is -4.39. The zero-order valence-electron chi connectivity index (χ0n) is 18.5. The van der Waals surface area contributed by atoms with E-state index < -0.39 is 5.91 Å². The van der Waals surface area contributed by atoms with Crippen LogP contribution in [0.15, 0.2) is 89.3 Å². The number of ether oxygens (including phenoxy) is 1. The van der Waals surface area contributed by atoms with E-state index in [9.17, 15) is 9.18 Å². The van der Waals surface area contributed by atoms with E-state index in [0.29, 0.717) is 17.1 Å². The van der Waals surface area contributed by atoms with E-state index in [2.05, 4.69) is 10.4 Å². The second kappa shape index (κ2) is 9.23. The topological polar surface area (TPSA) is 69.3 Å². The van der Waals surface area contributed by atoms with Crippen LogP contribution in [0.4, 0.5) is 10.2 Å². The molecule has 2 aromatic heterocycles. The summed E-state index contributed by atoms with van der Waals surface area (Å²) in [6.45, 7) is 2.31. The summed E-state index contributed by atoms with van der Waals surface area (Å²) in [5.74, 6) is 1.05. The van der Waals surface area contributed by atoms with Crippen LogP contribution in [0, 0.1) is 12.7 Å². The minimum atomic E-state index is -0.424. The van der Waals surface area contributed by atoms with Gasteiger partial charge in [0.05, 0.1) is 6.54 Å². The van der Waals surface area contributed by atoms with Gasteiger partial charge in [-0.1, -0.05) is 48.5 Å². The van der Waals surface area contributed by atoms with Crippen LogP contribution in [-0.2, 0) is 13.2 Å². The van der Waals surface area contributed by atoms with Crippen LogP contribution in [0.5, 0.6) is 5.75 Å². The minimum absolute atomic E-state index is 0.151. The molecule has 0 aliphatic rings. The molecule has 0 bridgehead atoms. The summed E-state index contributed by atoms with van der Waals surface area (Å²) < 4.78 is 27.1. The molecule has 0 aliphatic carbocycles. The van der Waals surface area contributed by atoms with Crippen molar-refractivity contribution < 1.29 is 18.3 Å². The fraction of sp³-hybridized carbons (Fsp3) is 0.111. The van der Waals surface area contributed by atoms with E-state index in [4.69, 9.17) is 9.15 Å². The third kappa shape index (κ3) is 4.68. The largest absolute Gasteiger partial charge is 0.486 e. The second-order valence-corrected chi connectivity index (χ2v) is 7.94. The number of aromatic nitrogens is 2. The Kier molecular flexibility index (Phi) is 5.82. The van der Waals surface area contributed by atoms with Crippen molar-refractivity contribution in [1.29, 1.82) is 0 Å². The van der Waals surface area contributed by atoms with Gasteiger partial charge in [0, 0.05) is 17.3 Å². The standard InChI is InChI=1S/C27H22FN3O3/c1-18-14-26(30-31(18)16-21-8-4-5-9-24(21)28)29-27(32)25-13-12-23(34-25)17-33-22-11-10-19-6-2-3-7-20(19)15-22/h2-15H,16-17H2,1H3,(H,29,30,32). The van der Waals surface area contributed by atoms with Gasteiger partial charge in [-0.05, 0) is 48.0 Å². The molecule has 0 saturated carbocycles. The molecule has 0 unspecified atom stereocenters. The fourth-order valence-electron chi connectivity index (χ4n) is 3.69. The SMILES string of the molecule is Cc1cc(NC(=O)c2ccc(COc3ccc4ccccc4c3)o2)nn1Cc1ccccc1F. The molecule has 170 valence electrons. The molecule has 5 rings (SSSR count). The van der Waals surface area contributed by atoms with E-state index >= 15 is 0 Å². The molecule has 0 spiro atoms. The van der Waals surface area contributed by atoms with Gasteiger partial charge < -0.3 is 14.5 Å². The number of aryl methyl sites for hydroxylation is 1. The van der Waals surface area contributed by atoms with Gasteiger partial charge in [0.2, 0.25) is 0 Å². The third-order valence-electron chi connectivity index (χ3n) is 5.49. The van der Waals surface area contributed by atoms with Crippen LogP contribution < -0.4 is 10.1 Å². The van der Waals surface area contributed by atoms with Crippen molar-refractivity contribution >= 4 is 22.5 Å². The van der Waals surface area contributed by atoms with Crippen molar-refractivity contribution in [2.24, 2.45) is 0 Å². The van der Waals surface area contributed by atoms with Crippen molar-refractivity contribution in [1.82, 2.24) is 9.78 Å². The van der Waals surface area contributed by atoms with E-state index in [-0.39, 0.29) is 24.7 Å². The van der Waals surface area contributed by atoms with Gasteiger partial charge in [-0.15, -0.1) is 0 Å². The highest BCUT2D eigenvalue weighted by Gasteiger charge is 2.15. The Morgan fingerprint density at radius 3 is 2.65 bits per heavy atom. The number of fused-ring (bicyclic) bond motifs is 1. The van der Waals surface area contributed by atoms with Gasteiger partial charge in [-0.3, -0.25) is 9.48 Å². The number of carbonyl (C=O) groups is 1. The number of carbonyl (C=O) groups excluding carboxylic acids is 1. The monoisotopic (exact) mass is 455 g/mol. The number of halogens is 1. The van der Waals surface area contributed by atoms with Crippen molar-refractivity contribution in [3.63, 3.8) is 0 Å². The molecule has 7 heteroatoms. The molecule has 6 nitrogen and oxygen atoms in total. The molecule has 3 aromatic carbocycles. The molecule has 2 heterocycles. The first-order valence-electron chi connectivity index (χ1n) is 10.8. The van der Waals surface area contributed by atoms with E-state index in [1.165, 1.54) is 6.07 Å². The number of hydrogen-bond donors (Lipinski definition) is 1. The Labute approximate surface area is 195 Å². The minimum Gasteiger partial charge on any atom is -0.486 e. The highest BCUT2D eigenvalue weighted by Crippen LogP contribution is 2.22. The summed E-state index contributed by atoms with van der Waals surface area (Å²) in [5, 5.41) is 9.32. The number of nitrogens with zero attached hydrogens (tertiary/aromatic N) is 2. The van der Waals surface area contributed by atoms with Crippen molar-refractivity contribution in [3.8, 4) is 5.75 Å². The summed E-state index contributed by atoms with van der Waals surface area (Å²) in [4.78, 5) is 12.6. The van der Waals surface area contributed by atoms with Crippen LogP contribution in [0.3, 0.4) is 0 Å². The summed E-state index contributed by atoms with van der Waals surface area (Å²) in [5.41, 5.74) is 1.32. The molecule has 0 fully saturated rings. The predicted octanol–water partition coefficient (Wildman–Crippen LogP) is 5.96. The predicted molar refractivity (Wildman–Crippen MR) is 127 cm³/mol. The summed E-state index contributed by atoms with van der Waals surface area (Å²) in [6.07, 6.45) is 0. The average Bonchev–Trinajstić information content (AvgIpc) is 3.45. The van der Waals surface area contributed by atoms with Crippen molar-refractivity contribution in [2.45, 2.75) is 20.1 Å². The highest BCUT2D eigenvalue weighted by atomic mass is 19.1. The maximum absolute atomic E-state index is 14.0. The molecular weight excluding hydrogens is 433 g/mol. The number of amides is 1. The van der Waals surface area contributed by atoms with Crippen LogP contribution in [-0.4, -0.2) is 15.7 Å².